The van der Waals surface area contributed by atoms with Gasteiger partial charge in [0.25, 0.3) is 5.91 Å². The van der Waals surface area contributed by atoms with Gasteiger partial charge >= 0.3 is 0 Å². The van der Waals surface area contributed by atoms with Crippen molar-refractivity contribution in [3.8, 4) is 0 Å². The van der Waals surface area contributed by atoms with E-state index in [0.29, 0.717) is 17.8 Å². The van der Waals surface area contributed by atoms with Crippen LogP contribution in [-0.2, 0) is 6.54 Å². The Bertz CT molecular complexity index is 904. The molecule has 1 N–H and O–H groups in total. The lowest BCUT2D eigenvalue weighted by molar-refractivity contribution is 0.0945. The molecule has 0 saturated carbocycles. The Morgan fingerprint density at radius 3 is 2.83 bits per heavy atom. The van der Waals surface area contributed by atoms with Crippen LogP contribution in [-0.4, -0.2) is 17.0 Å². The highest BCUT2D eigenvalue weighted by Crippen LogP contribution is 2.34. The topological polar surface area (TPSA) is 34.0 Å². The van der Waals surface area contributed by atoms with E-state index >= 15 is 0 Å². The standard InChI is InChI=1S/C17H15BrF2N2OS/c1-2-5-21-17(23)14-7-15-16(12(18)9-24-15)22(14)8-10-3-4-11(19)6-13(10)20/h3-4,6-7,9H,2,5,8H2,1H3,(H,21,23). The summed E-state index contributed by atoms with van der Waals surface area (Å²) in [5.41, 5.74) is 1.64. The van der Waals surface area contributed by atoms with E-state index in [1.807, 2.05) is 12.3 Å². The van der Waals surface area contributed by atoms with Crippen molar-refractivity contribution >= 4 is 43.4 Å². The Balaban J connectivity index is 2.06. The molecule has 0 bridgehead atoms. The number of rotatable bonds is 5. The summed E-state index contributed by atoms with van der Waals surface area (Å²) in [6, 6.07) is 5.29. The predicted molar refractivity (Wildman–Crippen MR) is 95.6 cm³/mol. The number of carbonyl (C=O) groups excluding carboxylic acids is 1. The molecule has 0 spiro atoms. The molecule has 0 unspecified atom stereocenters. The molecule has 0 fully saturated rings. The summed E-state index contributed by atoms with van der Waals surface area (Å²) in [5, 5.41) is 4.77. The van der Waals surface area contributed by atoms with Crippen molar-refractivity contribution < 1.29 is 13.6 Å². The molecule has 0 radical (unpaired) electrons. The summed E-state index contributed by atoms with van der Waals surface area (Å²) in [4.78, 5) is 12.4. The molecular weight excluding hydrogens is 398 g/mol. The number of aromatic nitrogens is 1. The van der Waals surface area contributed by atoms with Crippen LogP contribution in [0.4, 0.5) is 8.78 Å². The molecule has 0 saturated heterocycles. The molecule has 0 atom stereocenters. The molecule has 0 aliphatic carbocycles. The van der Waals surface area contributed by atoms with Crippen LogP contribution in [0.1, 0.15) is 29.4 Å². The smallest absolute Gasteiger partial charge is 0.267 e. The maximum absolute atomic E-state index is 14.0. The number of thiophene rings is 1. The fourth-order valence-corrected chi connectivity index (χ4v) is 4.23. The van der Waals surface area contributed by atoms with Crippen LogP contribution >= 0.6 is 27.3 Å². The third-order valence-corrected chi connectivity index (χ3v) is 5.52. The van der Waals surface area contributed by atoms with Crippen LogP contribution in [0.25, 0.3) is 10.2 Å². The number of benzene rings is 1. The van der Waals surface area contributed by atoms with Crippen LogP contribution < -0.4 is 5.32 Å². The molecule has 3 nitrogen and oxygen atoms in total. The maximum Gasteiger partial charge on any atom is 0.267 e. The van der Waals surface area contributed by atoms with E-state index in [1.165, 1.54) is 23.5 Å². The number of carbonyl (C=O) groups is 1. The van der Waals surface area contributed by atoms with Crippen molar-refractivity contribution in [2.75, 3.05) is 6.54 Å². The monoisotopic (exact) mass is 412 g/mol. The van der Waals surface area contributed by atoms with Gasteiger partial charge in [0.05, 0.1) is 21.2 Å². The van der Waals surface area contributed by atoms with Crippen molar-refractivity contribution in [3.05, 3.63) is 57.0 Å². The molecule has 2 heterocycles. The molecule has 126 valence electrons. The molecule has 7 heteroatoms. The minimum Gasteiger partial charge on any atom is -0.351 e. The number of amides is 1. The fourth-order valence-electron chi connectivity index (χ4n) is 2.53. The van der Waals surface area contributed by atoms with Crippen molar-refractivity contribution in [1.29, 1.82) is 0 Å². The summed E-state index contributed by atoms with van der Waals surface area (Å²) in [6.45, 7) is 2.70. The van der Waals surface area contributed by atoms with Gasteiger partial charge in [0.2, 0.25) is 0 Å². The zero-order valence-corrected chi connectivity index (χ0v) is 15.3. The van der Waals surface area contributed by atoms with Gasteiger partial charge in [0.1, 0.15) is 17.3 Å². The zero-order chi connectivity index (χ0) is 17.3. The molecular formula is C17H15BrF2N2OS. The largest absolute Gasteiger partial charge is 0.351 e. The molecule has 0 aliphatic heterocycles. The average Bonchev–Trinajstić information content (AvgIpc) is 3.08. The van der Waals surface area contributed by atoms with Gasteiger partial charge < -0.3 is 9.88 Å². The van der Waals surface area contributed by atoms with Gasteiger partial charge in [-0.05, 0) is 34.5 Å². The van der Waals surface area contributed by atoms with Gasteiger partial charge in [0, 0.05) is 23.6 Å². The van der Waals surface area contributed by atoms with E-state index in [0.717, 1.165) is 27.2 Å². The molecule has 24 heavy (non-hydrogen) atoms. The Hall–Kier alpha value is -1.73. The first-order valence-electron chi connectivity index (χ1n) is 7.49. The number of hydrogen-bond donors (Lipinski definition) is 1. The van der Waals surface area contributed by atoms with E-state index in [1.54, 1.807) is 10.6 Å². The first-order valence-corrected chi connectivity index (χ1v) is 9.17. The summed E-state index contributed by atoms with van der Waals surface area (Å²) in [5.74, 6) is -1.44. The molecule has 1 aromatic carbocycles. The molecule has 2 aromatic heterocycles. The van der Waals surface area contributed by atoms with Crippen LogP contribution in [0.3, 0.4) is 0 Å². The number of halogens is 3. The van der Waals surface area contributed by atoms with Crippen molar-refractivity contribution in [2.24, 2.45) is 0 Å². The van der Waals surface area contributed by atoms with Gasteiger partial charge in [-0.1, -0.05) is 13.0 Å². The second-order valence-corrected chi connectivity index (χ2v) is 7.17. The van der Waals surface area contributed by atoms with E-state index < -0.39 is 11.6 Å². The van der Waals surface area contributed by atoms with E-state index in [9.17, 15) is 13.6 Å². The van der Waals surface area contributed by atoms with E-state index in [-0.39, 0.29) is 12.5 Å². The molecule has 3 rings (SSSR count). The van der Waals surface area contributed by atoms with Gasteiger partial charge in [0.15, 0.2) is 0 Å². The summed E-state index contributed by atoms with van der Waals surface area (Å²) >= 11 is 4.99. The maximum atomic E-state index is 14.0. The van der Waals surface area contributed by atoms with Gasteiger partial charge in [-0.15, -0.1) is 11.3 Å². The highest BCUT2D eigenvalue weighted by Gasteiger charge is 2.19. The zero-order valence-electron chi connectivity index (χ0n) is 12.9. The SMILES string of the molecule is CCCNC(=O)c1cc2scc(Br)c2n1Cc1ccc(F)cc1F. The van der Waals surface area contributed by atoms with E-state index in [4.69, 9.17) is 0 Å². The predicted octanol–water partition coefficient (Wildman–Crippen LogP) is 4.93. The second-order valence-electron chi connectivity index (χ2n) is 5.40. The fraction of sp³-hybridized carbons (Fsp3) is 0.235. The van der Waals surface area contributed by atoms with Gasteiger partial charge in [-0.3, -0.25) is 4.79 Å². The Kier molecular flexibility index (Phi) is 5.01. The summed E-state index contributed by atoms with van der Waals surface area (Å²) in [7, 11) is 0. The number of fused-ring (bicyclic) bond motifs is 1. The first-order chi connectivity index (χ1) is 11.5. The average molecular weight is 413 g/mol. The lowest BCUT2D eigenvalue weighted by Gasteiger charge is -2.12. The number of nitrogens with zero attached hydrogens (tertiary/aromatic N) is 1. The Morgan fingerprint density at radius 2 is 2.12 bits per heavy atom. The van der Waals surface area contributed by atoms with Crippen LogP contribution in [0.15, 0.2) is 34.1 Å². The Morgan fingerprint density at radius 1 is 1.33 bits per heavy atom. The minimum absolute atomic E-state index is 0.153. The van der Waals surface area contributed by atoms with Crippen molar-refractivity contribution in [3.63, 3.8) is 0 Å². The lowest BCUT2D eigenvalue weighted by atomic mass is 10.2. The third kappa shape index (κ3) is 3.23. The summed E-state index contributed by atoms with van der Waals surface area (Å²) < 4.78 is 30.7. The molecule has 1 amide bonds. The minimum atomic E-state index is -0.622. The van der Waals surface area contributed by atoms with Crippen LogP contribution in [0.2, 0.25) is 0 Å². The van der Waals surface area contributed by atoms with Gasteiger partial charge in [-0.2, -0.15) is 0 Å². The highest BCUT2D eigenvalue weighted by atomic mass is 79.9. The van der Waals surface area contributed by atoms with Crippen molar-refractivity contribution in [2.45, 2.75) is 19.9 Å². The first kappa shape index (κ1) is 17.1. The van der Waals surface area contributed by atoms with Crippen LogP contribution in [0.5, 0.6) is 0 Å². The Labute approximate surface area is 150 Å². The number of nitrogens with one attached hydrogen (secondary N) is 1. The van der Waals surface area contributed by atoms with E-state index in [2.05, 4.69) is 21.2 Å². The lowest BCUT2D eigenvalue weighted by Crippen LogP contribution is -2.26. The normalized spacial score (nSPS) is 11.2. The summed E-state index contributed by atoms with van der Waals surface area (Å²) in [6.07, 6.45) is 0.830. The highest BCUT2D eigenvalue weighted by molar-refractivity contribution is 9.10. The van der Waals surface area contributed by atoms with Crippen LogP contribution in [0, 0.1) is 11.6 Å². The van der Waals surface area contributed by atoms with Gasteiger partial charge in [-0.25, -0.2) is 8.78 Å². The second kappa shape index (κ2) is 7.03. The quantitative estimate of drug-likeness (QED) is 0.632. The molecule has 0 aliphatic rings. The van der Waals surface area contributed by atoms with Crippen molar-refractivity contribution in [1.82, 2.24) is 9.88 Å². The third-order valence-electron chi connectivity index (χ3n) is 3.69. The molecule has 3 aromatic rings. The number of hydrogen-bond acceptors (Lipinski definition) is 2.